The van der Waals surface area contributed by atoms with Gasteiger partial charge in [0.1, 0.15) is 10.7 Å². The van der Waals surface area contributed by atoms with Crippen LogP contribution in [-0.2, 0) is 10.0 Å². The Morgan fingerprint density at radius 3 is 2.50 bits per heavy atom. The maximum atomic E-state index is 13.6. The Morgan fingerprint density at radius 1 is 1.10 bits per heavy atom. The lowest BCUT2D eigenvalue weighted by atomic mass is 10.3. The zero-order valence-electron chi connectivity index (χ0n) is 9.90. The smallest absolute Gasteiger partial charge is 0.263 e. The van der Waals surface area contributed by atoms with E-state index in [0.29, 0.717) is 14.6 Å². The largest absolute Gasteiger partial charge is 0.399 e. The molecule has 0 saturated carbocycles. The van der Waals surface area contributed by atoms with Crippen molar-refractivity contribution >= 4 is 53.3 Å². The molecule has 0 heterocycles. The van der Waals surface area contributed by atoms with Gasteiger partial charge in [-0.3, -0.25) is 4.72 Å². The lowest BCUT2D eigenvalue weighted by Crippen LogP contribution is -2.15. The van der Waals surface area contributed by atoms with Gasteiger partial charge in [-0.2, -0.15) is 0 Å². The van der Waals surface area contributed by atoms with Gasteiger partial charge in [-0.05, 0) is 52.3 Å². The van der Waals surface area contributed by atoms with E-state index in [4.69, 9.17) is 5.73 Å². The number of hydrogen-bond donors (Lipinski definition) is 2. The first-order valence-electron chi connectivity index (χ1n) is 5.32. The van der Waals surface area contributed by atoms with Crippen molar-refractivity contribution in [3.63, 3.8) is 0 Å². The van der Waals surface area contributed by atoms with E-state index in [9.17, 15) is 12.8 Å². The van der Waals surface area contributed by atoms with E-state index in [1.165, 1.54) is 24.3 Å². The molecule has 0 amide bonds. The van der Waals surface area contributed by atoms with Gasteiger partial charge in [0.25, 0.3) is 10.0 Å². The fourth-order valence-electron chi connectivity index (χ4n) is 1.50. The molecule has 0 atom stereocenters. The van der Waals surface area contributed by atoms with Crippen molar-refractivity contribution < 1.29 is 12.8 Å². The quantitative estimate of drug-likeness (QED) is 0.738. The minimum Gasteiger partial charge on any atom is -0.399 e. The van der Waals surface area contributed by atoms with E-state index >= 15 is 0 Å². The minimum absolute atomic E-state index is 0.0584. The molecule has 0 aromatic heterocycles. The summed E-state index contributed by atoms with van der Waals surface area (Å²) in [5.74, 6) is -0.670. The van der Waals surface area contributed by atoms with Crippen LogP contribution in [0.3, 0.4) is 0 Å². The van der Waals surface area contributed by atoms with E-state index in [0.717, 1.165) is 6.07 Å². The average molecular weight is 424 g/mol. The third-order valence-corrected chi connectivity index (χ3v) is 5.27. The summed E-state index contributed by atoms with van der Waals surface area (Å²) in [7, 11) is -3.94. The van der Waals surface area contributed by atoms with Gasteiger partial charge in [-0.15, -0.1) is 0 Å². The molecular formula is C12H9Br2FN2O2S. The highest BCUT2D eigenvalue weighted by Gasteiger charge is 2.19. The monoisotopic (exact) mass is 422 g/mol. The van der Waals surface area contributed by atoms with Gasteiger partial charge in [0.15, 0.2) is 0 Å². The maximum Gasteiger partial charge on any atom is 0.263 e. The zero-order valence-corrected chi connectivity index (χ0v) is 13.9. The van der Waals surface area contributed by atoms with Crippen LogP contribution in [0.2, 0.25) is 0 Å². The highest BCUT2D eigenvalue weighted by molar-refractivity contribution is 9.10. The molecule has 2 rings (SSSR count). The number of benzene rings is 2. The van der Waals surface area contributed by atoms with Gasteiger partial charge < -0.3 is 5.73 Å². The van der Waals surface area contributed by atoms with Gasteiger partial charge in [0.2, 0.25) is 0 Å². The number of nitrogens with two attached hydrogens (primary N) is 1. The van der Waals surface area contributed by atoms with Gasteiger partial charge in [0.05, 0.1) is 5.69 Å². The summed E-state index contributed by atoms with van der Waals surface area (Å²) >= 11 is 6.29. The molecule has 20 heavy (non-hydrogen) atoms. The Balaban J connectivity index is 2.46. The van der Waals surface area contributed by atoms with Crippen LogP contribution >= 0.6 is 31.9 Å². The van der Waals surface area contributed by atoms with Gasteiger partial charge in [-0.1, -0.05) is 15.9 Å². The zero-order chi connectivity index (χ0) is 14.9. The standard InChI is InChI=1S/C12H9Br2FN2O2S/c13-7-1-4-10(15)11(5-7)17-20(18,19)12-6-8(16)2-3-9(12)14/h1-6,17H,16H2. The Hall–Kier alpha value is -1.12. The lowest BCUT2D eigenvalue weighted by Gasteiger charge is -2.11. The summed E-state index contributed by atoms with van der Waals surface area (Å²) < 4.78 is 41.2. The van der Waals surface area contributed by atoms with E-state index in [2.05, 4.69) is 36.6 Å². The van der Waals surface area contributed by atoms with Crippen LogP contribution in [0, 0.1) is 5.82 Å². The van der Waals surface area contributed by atoms with Crippen LogP contribution in [0.4, 0.5) is 15.8 Å². The maximum absolute atomic E-state index is 13.6. The van der Waals surface area contributed by atoms with Crippen molar-refractivity contribution in [2.75, 3.05) is 10.5 Å². The first kappa shape index (κ1) is 15.3. The average Bonchev–Trinajstić information content (AvgIpc) is 2.36. The number of rotatable bonds is 3. The van der Waals surface area contributed by atoms with Crippen LogP contribution in [0.1, 0.15) is 0 Å². The Bertz CT molecular complexity index is 766. The summed E-state index contributed by atoms with van der Waals surface area (Å²) in [4.78, 5) is -0.0584. The topological polar surface area (TPSA) is 72.2 Å². The van der Waals surface area contributed by atoms with Crippen LogP contribution in [0.25, 0.3) is 0 Å². The molecule has 0 spiro atoms. The predicted octanol–water partition coefficient (Wildman–Crippen LogP) is 3.73. The van der Waals surface area contributed by atoms with E-state index in [1.54, 1.807) is 6.07 Å². The SMILES string of the molecule is Nc1ccc(Br)c(S(=O)(=O)Nc2cc(Br)ccc2F)c1. The van der Waals surface area contributed by atoms with Crippen molar-refractivity contribution in [1.82, 2.24) is 0 Å². The summed E-state index contributed by atoms with van der Waals surface area (Å²) in [6.45, 7) is 0. The molecule has 4 nitrogen and oxygen atoms in total. The van der Waals surface area contributed by atoms with Crippen LogP contribution in [0.15, 0.2) is 50.2 Å². The molecule has 0 radical (unpaired) electrons. The third-order valence-electron chi connectivity index (χ3n) is 2.42. The number of anilines is 2. The van der Waals surface area contributed by atoms with E-state index < -0.39 is 15.8 Å². The third kappa shape index (κ3) is 3.31. The summed E-state index contributed by atoms with van der Waals surface area (Å²) in [6.07, 6.45) is 0. The molecule has 0 fully saturated rings. The first-order valence-corrected chi connectivity index (χ1v) is 8.39. The Morgan fingerprint density at radius 2 is 1.80 bits per heavy atom. The van der Waals surface area contributed by atoms with Crippen molar-refractivity contribution in [1.29, 1.82) is 0 Å². The summed E-state index contributed by atoms with van der Waals surface area (Å²) in [6, 6.07) is 8.35. The highest BCUT2D eigenvalue weighted by atomic mass is 79.9. The fourth-order valence-corrected chi connectivity index (χ4v) is 3.92. The molecule has 2 aromatic rings. The summed E-state index contributed by atoms with van der Waals surface area (Å²) in [5.41, 5.74) is 5.73. The second-order valence-electron chi connectivity index (χ2n) is 3.92. The Labute approximate surface area is 132 Å². The highest BCUT2D eigenvalue weighted by Crippen LogP contribution is 2.28. The number of halogens is 3. The predicted molar refractivity (Wildman–Crippen MR) is 83.5 cm³/mol. The molecule has 3 N–H and O–H groups in total. The number of nitrogen functional groups attached to an aromatic ring is 1. The molecule has 8 heteroatoms. The molecule has 0 saturated heterocycles. The molecule has 2 aromatic carbocycles. The number of hydrogen-bond acceptors (Lipinski definition) is 3. The molecule has 0 bridgehead atoms. The van der Waals surface area contributed by atoms with Gasteiger partial charge >= 0.3 is 0 Å². The summed E-state index contributed by atoms with van der Waals surface area (Å²) in [5, 5.41) is 0. The van der Waals surface area contributed by atoms with Crippen molar-refractivity contribution in [2.24, 2.45) is 0 Å². The van der Waals surface area contributed by atoms with Crippen molar-refractivity contribution in [3.05, 3.63) is 51.2 Å². The van der Waals surface area contributed by atoms with E-state index in [1.807, 2.05) is 0 Å². The van der Waals surface area contributed by atoms with Gasteiger partial charge in [-0.25, -0.2) is 12.8 Å². The van der Waals surface area contributed by atoms with E-state index in [-0.39, 0.29) is 10.6 Å². The molecular weight excluding hydrogens is 415 g/mol. The molecule has 106 valence electrons. The second-order valence-corrected chi connectivity index (χ2v) is 7.34. The first-order chi connectivity index (χ1) is 9.29. The minimum atomic E-state index is -3.94. The molecule has 0 aliphatic rings. The van der Waals surface area contributed by atoms with Gasteiger partial charge in [0, 0.05) is 14.6 Å². The molecule has 0 aliphatic carbocycles. The van der Waals surface area contributed by atoms with Crippen LogP contribution < -0.4 is 10.5 Å². The molecule has 0 unspecified atom stereocenters. The number of sulfonamides is 1. The second kappa shape index (κ2) is 5.71. The van der Waals surface area contributed by atoms with Crippen LogP contribution in [0.5, 0.6) is 0 Å². The van der Waals surface area contributed by atoms with Crippen molar-refractivity contribution in [2.45, 2.75) is 4.90 Å². The molecule has 0 aliphatic heterocycles. The normalized spacial score (nSPS) is 11.3. The van der Waals surface area contributed by atoms with Crippen LogP contribution in [-0.4, -0.2) is 8.42 Å². The van der Waals surface area contributed by atoms with Crippen molar-refractivity contribution in [3.8, 4) is 0 Å². The lowest BCUT2D eigenvalue weighted by molar-refractivity contribution is 0.598. The number of nitrogens with one attached hydrogen (secondary N) is 1. The fraction of sp³-hybridized carbons (Fsp3) is 0. The Kier molecular flexibility index (Phi) is 4.36.